The number of carbonyl (C=O) groups excluding carboxylic acids is 2. The van der Waals surface area contributed by atoms with Gasteiger partial charge in [-0.15, -0.1) is 0 Å². The lowest BCUT2D eigenvalue weighted by Crippen LogP contribution is -2.29. The first kappa shape index (κ1) is 44.5. The summed E-state index contributed by atoms with van der Waals surface area (Å²) >= 11 is 0. The Labute approximate surface area is 285 Å². The molecule has 1 atom stereocenters. The summed E-state index contributed by atoms with van der Waals surface area (Å²) in [4.78, 5) is 42.6. The van der Waals surface area contributed by atoms with Gasteiger partial charge in [-0.1, -0.05) is 119 Å². The monoisotopic (exact) mass is 678 g/mol. The third kappa shape index (κ3) is 36.2. The van der Waals surface area contributed by atoms with E-state index >= 15 is 0 Å². The Morgan fingerprint density at radius 3 is 1.62 bits per heavy atom. The molecule has 8 nitrogen and oxygen atoms in total. The van der Waals surface area contributed by atoms with E-state index in [1.807, 2.05) is 6.08 Å². The van der Waals surface area contributed by atoms with Crippen molar-refractivity contribution in [2.24, 2.45) is 0 Å². The molecule has 0 saturated heterocycles. The van der Waals surface area contributed by atoms with Crippen LogP contribution >= 0.6 is 7.82 Å². The molecule has 0 aliphatic heterocycles. The fraction of sp³-hybridized carbons (Fsp3) is 0.632. The molecule has 0 heterocycles. The molecule has 47 heavy (non-hydrogen) atoms. The highest BCUT2D eigenvalue weighted by molar-refractivity contribution is 7.46. The molecule has 268 valence electrons. The Kier molecular flexibility index (Phi) is 31.6. The van der Waals surface area contributed by atoms with Crippen LogP contribution in [0.25, 0.3) is 0 Å². The van der Waals surface area contributed by atoms with Gasteiger partial charge in [0.25, 0.3) is 0 Å². The first-order valence-corrected chi connectivity index (χ1v) is 19.3. The first-order valence-electron chi connectivity index (χ1n) is 17.7. The van der Waals surface area contributed by atoms with Crippen molar-refractivity contribution in [2.45, 2.75) is 142 Å². The summed E-state index contributed by atoms with van der Waals surface area (Å²) in [5, 5.41) is 0. The molecule has 0 amide bonds. The van der Waals surface area contributed by atoms with Gasteiger partial charge in [0.15, 0.2) is 6.10 Å². The second kappa shape index (κ2) is 33.4. The lowest BCUT2D eigenvalue weighted by atomic mass is 10.1. The van der Waals surface area contributed by atoms with Crippen molar-refractivity contribution in [3.63, 3.8) is 0 Å². The van der Waals surface area contributed by atoms with Crippen molar-refractivity contribution < 1.29 is 37.9 Å². The maximum Gasteiger partial charge on any atom is 0.469 e. The lowest BCUT2D eigenvalue weighted by Gasteiger charge is -2.18. The summed E-state index contributed by atoms with van der Waals surface area (Å²) in [5.74, 6) is -0.973. The van der Waals surface area contributed by atoms with Crippen LogP contribution in [-0.4, -0.2) is 41.0 Å². The van der Waals surface area contributed by atoms with Gasteiger partial charge in [0.05, 0.1) is 6.61 Å². The van der Waals surface area contributed by atoms with Crippen LogP contribution in [0.1, 0.15) is 136 Å². The Morgan fingerprint density at radius 1 is 0.574 bits per heavy atom. The molecule has 0 bridgehead atoms. The summed E-state index contributed by atoms with van der Waals surface area (Å²) in [5.41, 5.74) is 0. The fourth-order valence-electron chi connectivity index (χ4n) is 4.34. The molecular formula is C38H63O8P. The van der Waals surface area contributed by atoms with Gasteiger partial charge in [-0.3, -0.25) is 14.1 Å². The van der Waals surface area contributed by atoms with Crippen molar-refractivity contribution in [3.05, 3.63) is 72.9 Å². The molecule has 0 unspecified atom stereocenters. The number of phosphoric ester groups is 1. The molecule has 0 aromatic rings. The minimum atomic E-state index is -4.76. The summed E-state index contributed by atoms with van der Waals surface area (Å²) in [6.07, 6.45) is 42.0. The molecule has 0 aromatic carbocycles. The van der Waals surface area contributed by atoms with Crippen LogP contribution in [0, 0.1) is 0 Å². The molecule has 0 fully saturated rings. The third-order valence-corrected chi connectivity index (χ3v) is 7.44. The zero-order chi connectivity index (χ0) is 34.7. The van der Waals surface area contributed by atoms with E-state index in [9.17, 15) is 14.2 Å². The molecule has 0 saturated carbocycles. The quantitative estimate of drug-likeness (QED) is 0.0322. The van der Waals surface area contributed by atoms with Gasteiger partial charge in [-0.05, 0) is 77.0 Å². The van der Waals surface area contributed by atoms with Crippen molar-refractivity contribution in [1.29, 1.82) is 0 Å². The number of phosphoric acid groups is 1. The Balaban J connectivity index is 4.13. The second-order valence-electron chi connectivity index (χ2n) is 11.5. The summed E-state index contributed by atoms with van der Waals surface area (Å²) in [7, 11) is -4.76. The Bertz CT molecular complexity index is 990. The molecule has 9 heteroatoms. The van der Waals surface area contributed by atoms with E-state index in [0.29, 0.717) is 12.8 Å². The van der Waals surface area contributed by atoms with Gasteiger partial charge in [-0.25, -0.2) is 4.57 Å². The molecule has 0 rings (SSSR count). The standard InChI is InChI=1S/C38H63O8P/c1-3-5-7-9-11-13-15-17-18-19-20-21-23-24-26-28-30-32-37(39)44-34-36(35-45-47(41,42)43)46-38(40)33-31-29-27-25-22-16-14-12-10-8-6-4-2/h5,7,11-14,17-18,20-21,24,26,36H,3-4,6,8-10,15-16,19,22-23,25,27-35H2,1-2H3,(H2,41,42,43)/b7-5+,13-11+,14-12+,18-17+,21-20+,26-24+/t36-/m1/s1. The van der Waals surface area contributed by atoms with Gasteiger partial charge in [-0.2, -0.15) is 0 Å². The van der Waals surface area contributed by atoms with Gasteiger partial charge in [0, 0.05) is 12.8 Å². The summed E-state index contributed by atoms with van der Waals surface area (Å²) in [6, 6.07) is 0. The number of hydrogen-bond acceptors (Lipinski definition) is 6. The summed E-state index contributed by atoms with van der Waals surface area (Å²) < 4.78 is 26.2. The molecule has 0 aliphatic carbocycles. The summed E-state index contributed by atoms with van der Waals surface area (Å²) in [6.45, 7) is 3.46. The SMILES string of the molecule is CC/C=C/C/C=C/C/C=C/C/C=C/C/C=C/CCCC(=O)OC[C@H](COP(=O)(O)O)OC(=O)CCCCCCC/C=C/CCCCC. The Morgan fingerprint density at radius 2 is 1.04 bits per heavy atom. The number of hydrogen-bond donors (Lipinski definition) is 2. The van der Waals surface area contributed by atoms with Crippen LogP contribution in [-0.2, 0) is 28.2 Å². The van der Waals surface area contributed by atoms with Gasteiger partial charge >= 0.3 is 19.8 Å². The van der Waals surface area contributed by atoms with E-state index in [2.05, 4.69) is 85.2 Å². The van der Waals surface area contributed by atoms with Gasteiger partial charge < -0.3 is 19.3 Å². The molecular weight excluding hydrogens is 615 g/mol. The maximum atomic E-state index is 12.3. The minimum Gasteiger partial charge on any atom is -0.462 e. The molecule has 0 spiro atoms. The van der Waals surface area contributed by atoms with Crippen molar-refractivity contribution >= 4 is 19.8 Å². The van der Waals surface area contributed by atoms with Crippen LogP contribution in [0.15, 0.2) is 72.9 Å². The van der Waals surface area contributed by atoms with Crippen LogP contribution in [0.5, 0.6) is 0 Å². The number of esters is 2. The van der Waals surface area contributed by atoms with Gasteiger partial charge in [0.1, 0.15) is 6.61 Å². The van der Waals surface area contributed by atoms with E-state index < -0.39 is 32.5 Å². The number of carbonyl (C=O) groups is 2. The zero-order valence-electron chi connectivity index (χ0n) is 29.1. The number of unbranched alkanes of at least 4 members (excludes halogenated alkanes) is 9. The maximum absolute atomic E-state index is 12.3. The average molecular weight is 679 g/mol. The van der Waals surface area contributed by atoms with Gasteiger partial charge in [0.2, 0.25) is 0 Å². The third-order valence-electron chi connectivity index (χ3n) is 6.96. The van der Waals surface area contributed by atoms with E-state index in [4.69, 9.17) is 19.3 Å². The highest BCUT2D eigenvalue weighted by Gasteiger charge is 2.22. The zero-order valence-corrected chi connectivity index (χ0v) is 30.0. The lowest BCUT2D eigenvalue weighted by molar-refractivity contribution is -0.161. The topological polar surface area (TPSA) is 119 Å². The molecule has 0 aliphatic rings. The van der Waals surface area contributed by atoms with E-state index in [0.717, 1.165) is 77.0 Å². The molecule has 2 N–H and O–H groups in total. The van der Waals surface area contributed by atoms with Crippen molar-refractivity contribution in [2.75, 3.05) is 13.2 Å². The van der Waals surface area contributed by atoms with Crippen LogP contribution in [0.4, 0.5) is 0 Å². The fourth-order valence-corrected chi connectivity index (χ4v) is 4.70. The predicted octanol–water partition coefficient (Wildman–Crippen LogP) is 10.3. The smallest absolute Gasteiger partial charge is 0.462 e. The van der Waals surface area contributed by atoms with Crippen LogP contribution in [0.3, 0.4) is 0 Å². The largest absolute Gasteiger partial charge is 0.469 e. The first-order chi connectivity index (χ1) is 22.8. The van der Waals surface area contributed by atoms with Crippen molar-refractivity contribution in [1.82, 2.24) is 0 Å². The predicted molar refractivity (Wildman–Crippen MR) is 193 cm³/mol. The minimum absolute atomic E-state index is 0.184. The van der Waals surface area contributed by atoms with E-state index in [-0.39, 0.29) is 19.4 Å². The molecule has 0 aromatic heterocycles. The number of ether oxygens (including phenoxy) is 2. The van der Waals surface area contributed by atoms with Crippen LogP contribution < -0.4 is 0 Å². The van der Waals surface area contributed by atoms with Crippen LogP contribution in [0.2, 0.25) is 0 Å². The number of rotatable bonds is 31. The normalized spacial score (nSPS) is 13.4. The molecule has 0 radical (unpaired) electrons. The second-order valence-corrected chi connectivity index (χ2v) is 12.7. The van der Waals surface area contributed by atoms with E-state index in [1.54, 1.807) is 0 Å². The Hall–Kier alpha value is -2.51. The number of allylic oxidation sites excluding steroid dienone is 12. The highest BCUT2D eigenvalue weighted by atomic mass is 31.2. The van der Waals surface area contributed by atoms with Crippen molar-refractivity contribution in [3.8, 4) is 0 Å². The highest BCUT2D eigenvalue weighted by Crippen LogP contribution is 2.35. The average Bonchev–Trinajstić information content (AvgIpc) is 3.04. The van der Waals surface area contributed by atoms with E-state index in [1.165, 1.54) is 19.3 Å².